The molecule has 0 bridgehead atoms. The molecule has 2 aliphatic heterocycles. The molecule has 106 valence electrons. The zero-order valence-corrected chi connectivity index (χ0v) is 12.3. The number of nitrogens with one attached hydrogen (secondary N) is 1. The Morgan fingerprint density at radius 1 is 1.28 bits per heavy atom. The number of rotatable bonds is 6. The second-order valence-corrected chi connectivity index (χ2v) is 6.53. The van der Waals surface area contributed by atoms with Crippen LogP contribution in [0, 0.1) is 11.8 Å². The third kappa shape index (κ3) is 4.87. The highest BCUT2D eigenvalue weighted by Gasteiger charge is 2.20. The molecular weight excluding hydrogens is 222 g/mol. The molecule has 0 aromatic rings. The van der Waals surface area contributed by atoms with Crippen LogP contribution in [-0.4, -0.2) is 63.2 Å². The molecule has 0 spiro atoms. The lowest BCUT2D eigenvalue weighted by Crippen LogP contribution is -2.31. The molecule has 0 aromatic heterocycles. The molecular formula is C15H31N3. The van der Waals surface area contributed by atoms with Crippen molar-refractivity contribution in [3.63, 3.8) is 0 Å². The van der Waals surface area contributed by atoms with E-state index in [1.807, 2.05) is 0 Å². The molecule has 2 unspecified atom stereocenters. The van der Waals surface area contributed by atoms with Crippen molar-refractivity contribution in [2.45, 2.75) is 32.1 Å². The van der Waals surface area contributed by atoms with E-state index in [1.165, 1.54) is 71.4 Å². The molecule has 2 rings (SSSR count). The second kappa shape index (κ2) is 7.46. The second-order valence-electron chi connectivity index (χ2n) is 6.53. The van der Waals surface area contributed by atoms with Crippen molar-refractivity contribution in [2.24, 2.45) is 11.8 Å². The Balaban J connectivity index is 1.52. The predicted molar refractivity (Wildman–Crippen MR) is 77.9 cm³/mol. The third-order valence-electron chi connectivity index (χ3n) is 4.61. The van der Waals surface area contributed by atoms with Crippen LogP contribution in [0.1, 0.15) is 32.1 Å². The van der Waals surface area contributed by atoms with E-state index in [-0.39, 0.29) is 0 Å². The summed E-state index contributed by atoms with van der Waals surface area (Å²) >= 11 is 0. The molecule has 0 aliphatic carbocycles. The molecule has 3 nitrogen and oxygen atoms in total. The van der Waals surface area contributed by atoms with Crippen LogP contribution in [0.5, 0.6) is 0 Å². The summed E-state index contributed by atoms with van der Waals surface area (Å²) in [5.74, 6) is 1.86. The van der Waals surface area contributed by atoms with Gasteiger partial charge in [0.1, 0.15) is 0 Å². The Hall–Kier alpha value is -0.120. The van der Waals surface area contributed by atoms with Crippen LogP contribution in [0.25, 0.3) is 0 Å². The Morgan fingerprint density at radius 2 is 2.17 bits per heavy atom. The minimum absolute atomic E-state index is 0.913. The molecule has 2 fully saturated rings. The van der Waals surface area contributed by atoms with Crippen molar-refractivity contribution >= 4 is 0 Å². The summed E-state index contributed by atoms with van der Waals surface area (Å²) in [6, 6.07) is 0. The van der Waals surface area contributed by atoms with E-state index in [9.17, 15) is 0 Å². The highest BCUT2D eigenvalue weighted by molar-refractivity contribution is 4.75. The van der Waals surface area contributed by atoms with Crippen LogP contribution in [-0.2, 0) is 0 Å². The van der Waals surface area contributed by atoms with E-state index in [0.29, 0.717) is 0 Å². The lowest BCUT2D eigenvalue weighted by Gasteiger charge is -2.25. The van der Waals surface area contributed by atoms with Crippen molar-refractivity contribution in [2.75, 3.05) is 53.4 Å². The van der Waals surface area contributed by atoms with E-state index in [2.05, 4.69) is 29.2 Å². The maximum atomic E-state index is 3.52. The molecule has 0 aromatic carbocycles. The minimum Gasteiger partial charge on any atom is -0.316 e. The van der Waals surface area contributed by atoms with Crippen LogP contribution in [0.4, 0.5) is 0 Å². The zero-order chi connectivity index (χ0) is 12.8. The Bertz CT molecular complexity index is 226. The molecule has 2 heterocycles. The first kappa shape index (κ1) is 14.3. The lowest BCUT2D eigenvalue weighted by atomic mass is 9.94. The predicted octanol–water partition coefficient (Wildman–Crippen LogP) is 1.65. The summed E-state index contributed by atoms with van der Waals surface area (Å²) in [6.45, 7) is 7.69. The molecule has 2 saturated heterocycles. The van der Waals surface area contributed by atoms with Gasteiger partial charge >= 0.3 is 0 Å². The van der Waals surface area contributed by atoms with Gasteiger partial charge in [-0.2, -0.15) is 0 Å². The van der Waals surface area contributed by atoms with Crippen LogP contribution >= 0.6 is 0 Å². The topological polar surface area (TPSA) is 18.5 Å². The Morgan fingerprint density at radius 3 is 2.83 bits per heavy atom. The van der Waals surface area contributed by atoms with Crippen molar-refractivity contribution in [3.8, 4) is 0 Å². The fourth-order valence-electron chi connectivity index (χ4n) is 3.53. The first-order valence-corrected chi connectivity index (χ1v) is 7.82. The van der Waals surface area contributed by atoms with Crippen molar-refractivity contribution in [3.05, 3.63) is 0 Å². The average molecular weight is 253 g/mol. The summed E-state index contributed by atoms with van der Waals surface area (Å²) < 4.78 is 0. The van der Waals surface area contributed by atoms with Gasteiger partial charge in [0.15, 0.2) is 0 Å². The van der Waals surface area contributed by atoms with Crippen LogP contribution in [0.2, 0.25) is 0 Å². The quantitative estimate of drug-likeness (QED) is 0.776. The van der Waals surface area contributed by atoms with Gasteiger partial charge in [-0.25, -0.2) is 0 Å². The van der Waals surface area contributed by atoms with Crippen LogP contribution in [0.15, 0.2) is 0 Å². The molecule has 2 atom stereocenters. The summed E-state index contributed by atoms with van der Waals surface area (Å²) in [4.78, 5) is 5.02. The maximum absolute atomic E-state index is 3.52. The molecule has 0 amide bonds. The molecule has 0 radical (unpaired) electrons. The van der Waals surface area contributed by atoms with Gasteiger partial charge in [0, 0.05) is 13.1 Å². The molecule has 2 aliphatic rings. The monoisotopic (exact) mass is 253 g/mol. The summed E-state index contributed by atoms with van der Waals surface area (Å²) in [5.41, 5.74) is 0. The van der Waals surface area contributed by atoms with E-state index in [1.54, 1.807) is 0 Å². The summed E-state index contributed by atoms with van der Waals surface area (Å²) in [7, 11) is 4.55. The van der Waals surface area contributed by atoms with Crippen molar-refractivity contribution < 1.29 is 0 Å². The van der Waals surface area contributed by atoms with Crippen LogP contribution in [0.3, 0.4) is 0 Å². The van der Waals surface area contributed by atoms with Gasteiger partial charge in [0.25, 0.3) is 0 Å². The van der Waals surface area contributed by atoms with Gasteiger partial charge < -0.3 is 15.1 Å². The first-order valence-electron chi connectivity index (χ1n) is 7.82. The van der Waals surface area contributed by atoms with E-state index < -0.39 is 0 Å². The number of nitrogens with zero attached hydrogens (tertiary/aromatic N) is 2. The highest BCUT2D eigenvalue weighted by atomic mass is 15.1. The summed E-state index contributed by atoms with van der Waals surface area (Å²) in [6.07, 6.45) is 7.03. The minimum atomic E-state index is 0.913. The molecule has 0 saturated carbocycles. The van der Waals surface area contributed by atoms with Gasteiger partial charge in [0.05, 0.1) is 0 Å². The number of hydrogen-bond donors (Lipinski definition) is 1. The average Bonchev–Trinajstić information content (AvgIpc) is 2.76. The third-order valence-corrected chi connectivity index (χ3v) is 4.61. The Kier molecular flexibility index (Phi) is 5.93. The number of hydrogen-bond acceptors (Lipinski definition) is 3. The fraction of sp³-hybridized carbons (Fsp3) is 1.00. The molecule has 3 heteroatoms. The molecule has 1 N–H and O–H groups in total. The maximum Gasteiger partial charge on any atom is 0.00193 e. The number of likely N-dealkylation sites (tertiary alicyclic amines) is 1. The van der Waals surface area contributed by atoms with Crippen LogP contribution < -0.4 is 5.32 Å². The largest absolute Gasteiger partial charge is 0.316 e. The Labute approximate surface area is 113 Å². The lowest BCUT2D eigenvalue weighted by molar-refractivity contribution is 0.255. The van der Waals surface area contributed by atoms with Gasteiger partial charge in [0.2, 0.25) is 0 Å². The van der Waals surface area contributed by atoms with Gasteiger partial charge in [-0.3, -0.25) is 0 Å². The highest BCUT2D eigenvalue weighted by Crippen LogP contribution is 2.17. The fourth-order valence-corrected chi connectivity index (χ4v) is 3.53. The van der Waals surface area contributed by atoms with Gasteiger partial charge in [-0.05, 0) is 84.2 Å². The zero-order valence-electron chi connectivity index (χ0n) is 12.3. The van der Waals surface area contributed by atoms with Crippen molar-refractivity contribution in [1.82, 2.24) is 15.1 Å². The standard InChI is InChI=1S/C15H31N3/c1-17(12-15-7-10-18(2)13-15)9-4-6-14-5-3-8-16-11-14/h14-16H,3-13H2,1-2H3. The number of piperidine rings is 1. The van der Waals surface area contributed by atoms with E-state index >= 15 is 0 Å². The van der Waals surface area contributed by atoms with E-state index in [0.717, 1.165) is 11.8 Å². The van der Waals surface area contributed by atoms with E-state index in [4.69, 9.17) is 0 Å². The summed E-state index contributed by atoms with van der Waals surface area (Å²) in [5, 5.41) is 3.52. The first-order chi connectivity index (χ1) is 8.74. The normalized spacial score (nSPS) is 30.2. The van der Waals surface area contributed by atoms with Gasteiger partial charge in [-0.15, -0.1) is 0 Å². The van der Waals surface area contributed by atoms with Gasteiger partial charge in [-0.1, -0.05) is 0 Å². The van der Waals surface area contributed by atoms with Crippen molar-refractivity contribution in [1.29, 1.82) is 0 Å². The molecule has 18 heavy (non-hydrogen) atoms. The smallest absolute Gasteiger partial charge is 0.00193 e. The SMILES string of the molecule is CN(CCCC1CCCNC1)CC1CCN(C)C1.